The molecule has 0 N–H and O–H groups in total. The van der Waals surface area contributed by atoms with Gasteiger partial charge in [-0.25, -0.2) is 43.7 Å². The Morgan fingerprint density at radius 1 is 0.357 bits per heavy atom. The average Bonchev–Trinajstić information content (AvgIpc) is 3.23. The van der Waals surface area contributed by atoms with Crippen LogP contribution in [0.25, 0.3) is 0 Å². The summed E-state index contributed by atoms with van der Waals surface area (Å²) < 4.78 is 0. The molecule has 56 heavy (non-hydrogen) atoms. The van der Waals surface area contributed by atoms with Crippen molar-refractivity contribution in [3.8, 4) is 0 Å². The lowest BCUT2D eigenvalue weighted by Crippen LogP contribution is -2.61. The third-order valence-corrected chi connectivity index (χ3v) is 12.9. The van der Waals surface area contributed by atoms with Crippen molar-refractivity contribution in [2.75, 3.05) is 0 Å². The summed E-state index contributed by atoms with van der Waals surface area (Å²) in [5, 5.41) is 0. The zero-order chi connectivity index (χ0) is 39.4. The standard InChI is InChI=1S/C44H42N6O6/c51-25-45-37-13-1-31(2-14-37)43(32-3-15-38(16-4-32)46-26-52,33-5-17-39(18-6-33)47-27-53)44(34-7-19-40(20-8-34)48-28-54,35-9-21-41(22-10-35)49-29-55)36-11-23-42(24-12-36)50-30-56/h1-6,13-18,34-36,40-42H,7-12,19-24H2. The molecule has 0 unspecified atom stereocenters. The maximum Gasteiger partial charge on any atom is 0.240 e. The summed E-state index contributed by atoms with van der Waals surface area (Å²) in [5.41, 5.74) is 2.61. The van der Waals surface area contributed by atoms with Gasteiger partial charge in [-0.1, -0.05) is 36.4 Å². The SMILES string of the molecule is O=C=Nc1ccc(C(c2ccc(N=C=O)cc2)(c2ccc(N=C=O)cc2)C(C2CCC(N=C=O)CC2)(C2CCC(N=C=O)CC2)C2CCC(N=C=O)CC2)cc1. The van der Waals surface area contributed by atoms with Crippen LogP contribution in [0.1, 0.15) is 93.7 Å². The van der Waals surface area contributed by atoms with E-state index in [4.69, 9.17) is 0 Å². The number of aliphatic imine (C=N–C) groups is 6. The fourth-order valence-electron chi connectivity index (χ4n) is 11.0. The fourth-order valence-corrected chi connectivity index (χ4v) is 11.0. The van der Waals surface area contributed by atoms with Crippen molar-refractivity contribution in [3.63, 3.8) is 0 Å². The molecule has 0 aliphatic heterocycles. The summed E-state index contributed by atoms with van der Waals surface area (Å²) in [6, 6.07) is 22.6. The van der Waals surface area contributed by atoms with Crippen LogP contribution in [0.5, 0.6) is 0 Å². The Balaban J connectivity index is 1.76. The maximum atomic E-state index is 11.5. The summed E-state index contributed by atoms with van der Waals surface area (Å²) in [5.74, 6) is 0.211. The van der Waals surface area contributed by atoms with Gasteiger partial charge in [0.05, 0.1) is 40.6 Å². The van der Waals surface area contributed by atoms with Gasteiger partial charge in [0.1, 0.15) is 0 Å². The molecule has 0 aromatic heterocycles. The molecule has 6 rings (SSSR count). The van der Waals surface area contributed by atoms with Crippen LogP contribution in [0.4, 0.5) is 17.1 Å². The van der Waals surface area contributed by atoms with Gasteiger partial charge < -0.3 is 0 Å². The van der Waals surface area contributed by atoms with Crippen LogP contribution in [0.2, 0.25) is 0 Å². The lowest BCUT2D eigenvalue weighted by atomic mass is 9.38. The van der Waals surface area contributed by atoms with Crippen LogP contribution in [-0.2, 0) is 34.2 Å². The molecule has 0 radical (unpaired) electrons. The molecular formula is C44H42N6O6. The minimum Gasteiger partial charge on any atom is -0.211 e. The number of rotatable bonds is 13. The molecule has 12 heteroatoms. The van der Waals surface area contributed by atoms with Crippen molar-refractivity contribution in [3.05, 3.63) is 89.5 Å². The van der Waals surface area contributed by atoms with Gasteiger partial charge in [-0.05, 0) is 153 Å². The lowest BCUT2D eigenvalue weighted by Gasteiger charge is -2.65. The van der Waals surface area contributed by atoms with Crippen LogP contribution in [0.3, 0.4) is 0 Å². The van der Waals surface area contributed by atoms with Crippen molar-refractivity contribution < 1.29 is 28.8 Å². The number of hydrogen-bond acceptors (Lipinski definition) is 12. The summed E-state index contributed by atoms with van der Waals surface area (Å²) in [4.78, 5) is 93.0. The zero-order valence-electron chi connectivity index (χ0n) is 31.0. The highest BCUT2D eigenvalue weighted by Crippen LogP contribution is 2.69. The van der Waals surface area contributed by atoms with E-state index in [1.54, 1.807) is 36.5 Å². The van der Waals surface area contributed by atoms with Crippen LogP contribution < -0.4 is 0 Å². The predicted octanol–water partition coefficient (Wildman–Crippen LogP) is 8.59. The second-order valence-electron chi connectivity index (χ2n) is 15.1. The first-order valence-corrected chi connectivity index (χ1v) is 19.2. The van der Waals surface area contributed by atoms with Crippen LogP contribution in [-0.4, -0.2) is 54.6 Å². The molecule has 0 atom stereocenters. The van der Waals surface area contributed by atoms with Gasteiger partial charge in [0.25, 0.3) is 0 Å². The van der Waals surface area contributed by atoms with Gasteiger partial charge >= 0.3 is 0 Å². The molecule has 3 aromatic rings. The Labute approximate surface area is 324 Å². The first kappa shape index (κ1) is 39.6. The Kier molecular flexibility index (Phi) is 13.1. The molecule has 284 valence electrons. The van der Waals surface area contributed by atoms with Gasteiger partial charge in [-0.3, -0.25) is 0 Å². The Morgan fingerprint density at radius 3 is 0.821 bits per heavy atom. The quantitative estimate of drug-likeness (QED) is 0.0960. The van der Waals surface area contributed by atoms with Crippen LogP contribution in [0.15, 0.2) is 103 Å². The molecule has 3 aliphatic rings. The number of benzene rings is 3. The van der Waals surface area contributed by atoms with Crippen LogP contribution >= 0.6 is 0 Å². The van der Waals surface area contributed by atoms with E-state index in [9.17, 15) is 28.8 Å². The lowest BCUT2D eigenvalue weighted by molar-refractivity contribution is -0.0914. The smallest absolute Gasteiger partial charge is 0.211 e. The highest BCUT2D eigenvalue weighted by Gasteiger charge is 2.65. The minimum atomic E-state index is -0.953. The molecule has 3 fully saturated rings. The second kappa shape index (κ2) is 18.5. The van der Waals surface area contributed by atoms with Crippen molar-refractivity contribution in [2.45, 2.75) is 101 Å². The molecule has 0 saturated heterocycles. The molecule has 0 heterocycles. The van der Waals surface area contributed by atoms with Crippen molar-refractivity contribution >= 4 is 53.5 Å². The second-order valence-corrected chi connectivity index (χ2v) is 15.1. The molecule has 3 aliphatic carbocycles. The van der Waals surface area contributed by atoms with E-state index in [-0.39, 0.29) is 35.9 Å². The maximum absolute atomic E-state index is 11.5. The van der Waals surface area contributed by atoms with Crippen LogP contribution in [0, 0.1) is 23.2 Å². The number of nitrogens with zero attached hydrogens (tertiary/aromatic N) is 6. The van der Waals surface area contributed by atoms with E-state index < -0.39 is 10.8 Å². The minimum absolute atomic E-state index is 0.0702. The highest BCUT2D eigenvalue weighted by molar-refractivity contribution is 5.61. The summed E-state index contributed by atoms with van der Waals surface area (Å²) in [6.45, 7) is 0. The van der Waals surface area contributed by atoms with Gasteiger partial charge in [0, 0.05) is 0 Å². The average molecular weight is 751 g/mol. The third-order valence-electron chi connectivity index (χ3n) is 12.9. The normalized spacial score (nSPS) is 25.3. The van der Waals surface area contributed by atoms with Crippen molar-refractivity contribution in [1.82, 2.24) is 0 Å². The van der Waals surface area contributed by atoms with E-state index >= 15 is 0 Å². The van der Waals surface area contributed by atoms with E-state index in [0.29, 0.717) is 55.6 Å². The zero-order valence-corrected chi connectivity index (χ0v) is 31.0. The third kappa shape index (κ3) is 7.72. The fraction of sp³-hybridized carbons (Fsp3) is 0.455. The summed E-state index contributed by atoms with van der Waals surface area (Å²) in [7, 11) is 0. The number of isocyanates is 6. The van der Waals surface area contributed by atoms with Gasteiger partial charge in [0.15, 0.2) is 0 Å². The largest absolute Gasteiger partial charge is 0.240 e. The van der Waals surface area contributed by atoms with E-state index in [1.165, 1.54) is 0 Å². The Bertz CT molecular complexity index is 1880. The van der Waals surface area contributed by atoms with E-state index in [0.717, 1.165) is 55.2 Å². The van der Waals surface area contributed by atoms with Gasteiger partial charge in [-0.2, -0.15) is 15.0 Å². The van der Waals surface area contributed by atoms with E-state index in [2.05, 4.69) is 30.0 Å². The Hall–Kier alpha value is -6.06. The van der Waals surface area contributed by atoms with E-state index in [1.807, 2.05) is 72.8 Å². The first-order chi connectivity index (χ1) is 27.5. The predicted molar refractivity (Wildman–Crippen MR) is 207 cm³/mol. The van der Waals surface area contributed by atoms with Gasteiger partial charge in [-0.15, -0.1) is 0 Å². The molecule has 12 nitrogen and oxygen atoms in total. The number of hydrogen-bond donors (Lipinski definition) is 0. The molecule has 0 spiro atoms. The van der Waals surface area contributed by atoms with Crippen molar-refractivity contribution in [2.24, 2.45) is 53.1 Å². The monoisotopic (exact) mass is 750 g/mol. The number of carbonyl (C=O) groups excluding carboxylic acids is 6. The highest BCUT2D eigenvalue weighted by atomic mass is 16.1. The van der Waals surface area contributed by atoms with Crippen molar-refractivity contribution in [1.29, 1.82) is 0 Å². The first-order valence-electron chi connectivity index (χ1n) is 19.2. The van der Waals surface area contributed by atoms with Gasteiger partial charge in [0.2, 0.25) is 36.5 Å². The summed E-state index contributed by atoms with van der Waals surface area (Å²) >= 11 is 0. The topological polar surface area (TPSA) is 177 Å². The molecule has 0 bridgehead atoms. The molecular weight excluding hydrogens is 709 g/mol. The summed E-state index contributed by atoms with van der Waals surface area (Å²) in [6.07, 6.45) is 19.1. The Morgan fingerprint density at radius 2 is 0.607 bits per heavy atom. The molecule has 3 saturated carbocycles. The molecule has 0 amide bonds. The molecule has 3 aromatic carbocycles.